The van der Waals surface area contributed by atoms with Crippen LogP contribution in [0.4, 0.5) is 0 Å². The predicted octanol–water partition coefficient (Wildman–Crippen LogP) is 2.11. The minimum Gasteiger partial charge on any atom is -0.497 e. The number of hydrogen-bond donors (Lipinski definition) is 1. The summed E-state index contributed by atoms with van der Waals surface area (Å²) in [4.78, 5) is 4.99. The second-order valence-electron chi connectivity index (χ2n) is 5.86. The van der Waals surface area contributed by atoms with E-state index in [-0.39, 0.29) is 6.04 Å². The highest BCUT2D eigenvalue weighted by molar-refractivity contribution is 5.29. The lowest BCUT2D eigenvalue weighted by Crippen LogP contribution is -2.45. The quantitative estimate of drug-likeness (QED) is 0.871. The van der Waals surface area contributed by atoms with Crippen LogP contribution in [0.2, 0.25) is 0 Å². The van der Waals surface area contributed by atoms with Gasteiger partial charge in [0.2, 0.25) is 0 Å². The van der Waals surface area contributed by atoms with Crippen molar-refractivity contribution in [2.75, 3.05) is 40.3 Å². The topological polar surface area (TPSA) is 41.7 Å². The SMILES string of the molecule is CCN1CCC(N(C)C(CN)c2ccc(OC)cc2)CC1. The van der Waals surface area contributed by atoms with E-state index < -0.39 is 0 Å². The van der Waals surface area contributed by atoms with Gasteiger partial charge < -0.3 is 15.4 Å². The number of hydrogen-bond acceptors (Lipinski definition) is 4. The smallest absolute Gasteiger partial charge is 0.118 e. The number of likely N-dealkylation sites (N-methyl/N-ethyl adjacent to an activating group) is 1. The molecule has 1 heterocycles. The van der Waals surface area contributed by atoms with Gasteiger partial charge in [-0.15, -0.1) is 0 Å². The molecule has 0 aliphatic carbocycles. The predicted molar refractivity (Wildman–Crippen MR) is 87.7 cm³/mol. The first-order chi connectivity index (χ1) is 10.2. The molecule has 0 amide bonds. The van der Waals surface area contributed by atoms with Crippen molar-refractivity contribution in [3.8, 4) is 5.75 Å². The van der Waals surface area contributed by atoms with Gasteiger partial charge in [-0.3, -0.25) is 4.90 Å². The van der Waals surface area contributed by atoms with E-state index in [1.165, 1.54) is 31.5 Å². The average Bonchev–Trinajstić information content (AvgIpc) is 2.56. The number of benzene rings is 1. The highest BCUT2D eigenvalue weighted by Crippen LogP contribution is 2.26. The number of likely N-dealkylation sites (tertiary alicyclic amines) is 1. The summed E-state index contributed by atoms with van der Waals surface area (Å²) in [6, 6.07) is 9.22. The van der Waals surface area contributed by atoms with Gasteiger partial charge in [0.15, 0.2) is 0 Å². The summed E-state index contributed by atoms with van der Waals surface area (Å²) in [6.45, 7) is 6.45. The molecule has 4 nitrogen and oxygen atoms in total. The number of rotatable bonds is 6. The third-order valence-corrected chi connectivity index (χ3v) is 4.80. The minimum atomic E-state index is 0.286. The average molecular weight is 291 g/mol. The Balaban J connectivity index is 2.02. The van der Waals surface area contributed by atoms with Crippen molar-refractivity contribution >= 4 is 0 Å². The van der Waals surface area contributed by atoms with Gasteiger partial charge in [0.05, 0.1) is 7.11 Å². The standard InChI is InChI=1S/C17H29N3O/c1-4-20-11-9-15(10-12-20)19(2)17(13-18)14-5-7-16(21-3)8-6-14/h5-8,15,17H,4,9-13,18H2,1-3H3. The summed E-state index contributed by atoms with van der Waals surface area (Å²) in [5.41, 5.74) is 7.33. The Morgan fingerprint density at radius 1 is 1.29 bits per heavy atom. The van der Waals surface area contributed by atoms with Crippen LogP contribution in [0.5, 0.6) is 5.75 Å². The zero-order chi connectivity index (χ0) is 15.2. The molecule has 0 saturated carbocycles. The zero-order valence-electron chi connectivity index (χ0n) is 13.6. The summed E-state index contributed by atoms with van der Waals surface area (Å²) >= 11 is 0. The van der Waals surface area contributed by atoms with Gasteiger partial charge in [-0.25, -0.2) is 0 Å². The van der Waals surface area contributed by atoms with Crippen LogP contribution in [-0.2, 0) is 0 Å². The van der Waals surface area contributed by atoms with Crippen LogP contribution in [0.1, 0.15) is 31.4 Å². The van der Waals surface area contributed by atoms with Crippen LogP contribution < -0.4 is 10.5 Å². The first kappa shape index (κ1) is 16.3. The first-order valence-corrected chi connectivity index (χ1v) is 7.97. The van der Waals surface area contributed by atoms with Crippen molar-refractivity contribution in [2.45, 2.75) is 31.8 Å². The Morgan fingerprint density at radius 3 is 2.38 bits per heavy atom. The molecule has 1 aromatic carbocycles. The van der Waals surface area contributed by atoms with Gasteiger partial charge in [0, 0.05) is 18.6 Å². The van der Waals surface area contributed by atoms with E-state index in [1.807, 2.05) is 12.1 Å². The number of methoxy groups -OCH3 is 1. The maximum absolute atomic E-state index is 6.05. The van der Waals surface area contributed by atoms with Crippen LogP contribution in [0, 0.1) is 0 Å². The van der Waals surface area contributed by atoms with E-state index in [0.29, 0.717) is 12.6 Å². The van der Waals surface area contributed by atoms with Crippen molar-refractivity contribution < 1.29 is 4.74 Å². The molecule has 2 N–H and O–H groups in total. The molecular weight excluding hydrogens is 262 g/mol. The molecule has 1 aliphatic rings. The fourth-order valence-electron chi connectivity index (χ4n) is 3.26. The number of piperidine rings is 1. The van der Waals surface area contributed by atoms with Gasteiger partial charge in [-0.05, 0) is 57.2 Å². The van der Waals surface area contributed by atoms with E-state index in [2.05, 4.69) is 35.9 Å². The summed E-state index contributed by atoms with van der Waals surface area (Å²) in [6.07, 6.45) is 2.47. The molecule has 1 atom stereocenters. The van der Waals surface area contributed by atoms with Crippen molar-refractivity contribution in [2.24, 2.45) is 5.73 Å². The van der Waals surface area contributed by atoms with Gasteiger partial charge >= 0.3 is 0 Å². The van der Waals surface area contributed by atoms with Crippen molar-refractivity contribution in [3.63, 3.8) is 0 Å². The first-order valence-electron chi connectivity index (χ1n) is 7.97. The molecule has 1 aliphatic heterocycles. The minimum absolute atomic E-state index is 0.286. The Kier molecular flexibility index (Phi) is 6.03. The lowest BCUT2D eigenvalue weighted by molar-refractivity contribution is 0.101. The molecular formula is C17H29N3O. The highest BCUT2D eigenvalue weighted by Gasteiger charge is 2.26. The van der Waals surface area contributed by atoms with E-state index in [4.69, 9.17) is 10.5 Å². The Labute approximate surface area is 128 Å². The molecule has 0 spiro atoms. The van der Waals surface area contributed by atoms with Crippen LogP contribution in [-0.4, -0.2) is 56.2 Å². The van der Waals surface area contributed by atoms with Gasteiger partial charge in [0.1, 0.15) is 5.75 Å². The Bertz CT molecular complexity index is 413. The number of ether oxygens (including phenoxy) is 1. The van der Waals surface area contributed by atoms with Crippen LogP contribution in [0.3, 0.4) is 0 Å². The molecule has 0 aromatic heterocycles. The summed E-state index contributed by atoms with van der Waals surface area (Å²) in [5.74, 6) is 0.897. The van der Waals surface area contributed by atoms with Crippen LogP contribution in [0.25, 0.3) is 0 Å². The third-order valence-electron chi connectivity index (χ3n) is 4.80. The van der Waals surface area contributed by atoms with Crippen LogP contribution in [0.15, 0.2) is 24.3 Å². The van der Waals surface area contributed by atoms with Crippen molar-refractivity contribution in [1.29, 1.82) is 0 Å². The molecule has 2 rings (SSSR count). The molecule has 0 radical (unpaired) electrons. The van der Waals surface area contributed by atoms with Crippen LogP contribution >= 0.6 is 0 Å². The molecule has 118 valence electrons. The zero-order valence-corrected chi connectivity index (χ0v) is 13.6. The van der Waals surface area contributed by atoms with Gasteiger partial charge in [-0.2, -0.15) is 0 Å². The number of nitrogens with two attached hydrogens (primary N) is 1. The normalized spacial score (nSPS) is 18.9. The molecule has 1 unspecified atom stereocenters. The lowest BCUT2D eigenvalue weighted by Gasteiger charge is -2.40. The maximum Gasteiger partial charge on any atom is 0.118 e. The van der Waals surface area contributed by atoms with Gasteiger partial charge in [-0.1, -0.05) is 19.1 Å². The third kappa shape index (κ3) is 3.96. The van der Waals surface area contributed by atoms with E-state index in [0.717, 1.165) is 12.3 Å². The monoisotopic (exact) mass is 291 g/mol. The van der Waals surface area contributed by atoms with E-state index in [1.54, 1.807) is 7.11 Å². The highest BCUT2D eigenvalue weighted by atomic mass is 16.5. The fourth-order valence-corrected chi connectivity index (χ4v) is 3.26. The summed E-state index contributed by atoms with van der Waals surface area (Å²) < 4.78 is 5.23. The summed E-state index contributed by atoms with van der Waals surface area (Å²) in [5, 5.41) is 0. The van der Waals surface area contributed by atoms with Gasteiger partial charge in [0.25, 0.3) is 0 Å². The Hall–Kier alpha value is -1.10. The molecule has 21 heavy (non-hydrogen) atoms. The maximum atomic E-state index is 6.05. The van der Waals surface area contributed by atoms with E-state index >= 15 is 0 Å². The lowest BCUT2D eigenvalue weighted by atomic mass is 9.98. The Morgan fingerprint density at radius 2 is 1.90 bits per heavy atom. The molecule has 1 aromatic rings. The number of nitrogens with zero attached hydrogens (tertiary/aromatic N) is 2. The second kappa shape index (κ2) is 7.78. The van der Waals surface area contributed by atoms with Crippen molar-refractivity contribution in [1.82, 2.24) is 9.80 Å². The molecule has 4 heteroatoms. The molecule has 0 bridgehead atoms. The largest absolute Gasteiger partial charge is 0.497 e. The van der Waals surface area contributed by atoms with E-state index in [9.17, 15) is 0 Å². The van der Waals surface area contributed by atoms with Crippen molar-refractivity contribution in [3.05, 3.63) is 29.8 Å². The molecule has 1 fully saturated rings. The summed E-state index contributed by atoms with van der Waals surface area (Å²) in [7, 11) is 3.91. The second-order valence-corrected chi connectivity index (χ2v) is 5.86. The fraction of sp³-hybridized carbons (Fsp3) is 0.647. The molecule has 1 saturated heterocycles.